The Morgan fingerprint density at radius 2 is 2.30 bits per heavy atom. The molecule has 1 aromatic rings. The van der Waals surface area contributed by atoms with Crippen molar-refractivity contribution in [2.75, 3.05) is 31.5 Å². The second kappa shape index (κ2) is 6.88. The van der Waals surface area contributed by atoms with Gasteiger partial charge in [0, 0.05) is 32.0 Å². The zero-order valence-corrected chi connectivity index (χ0v) is 12.8. The predicted molar refractivity (Wildman–Crippen MR) is 82.0 cm³/mol. The van der Waals surface area contributed by atoms with Crippen LogP contribution in [0.15, 0.2) is 17.2 Å². The topological polar surface area (TPSA) is 50.2 Å². The van der Waals surface area contributed by atoms with Gasteiger partial charge >= 0.3 is 0 Å². The van der Waals surface area contributed by atoms with Crippen LogP contribution in [-0.2, 0) is 6.54 Å². The first-order valence-corrected chi connectivity index (χ1v) is 7.61. The van der Waals surface area contributed by atoms with Crippen molar-refractivity contribution in [2.45, 2.75) is 33.7 Å². The molecule has 5 heteroatoms. The van der Waals surface area contributed by atoms with Crippen LogP contribution < -0.4 is 10.9 Å². The van der Waals surface area contributed by atoms with Gasteiger partial charge in [0.2, 0.25) is 0 Å². The van der Waals surface area contributed by atoms with E-state index in [0.29, 0.717) is 17.7 Å². The molecule has 20 heavy (non-hydrogen) atoms. The van der Waals surface area contributed by atoms with Crippen LogP contribution in [0.3, 0.4) is 0 Å². The van der Waals surface area contributed by atoms with E-state index in [4.69, 9.17) is 0 Å². The van der Waals surface area contributed by atoms with Crippen LogP contribution in [0, 0.1) is 11.8 Å². The van der Waals surface area contributed by atoms with Crippen LogP contribution in [0.25, 0.3) is 0 Å². The smallest absolute Gasteiger partial charge is 0.293 e. The lowest BCUT2D eigenvalue weighted by molar-refractivity contribution is 0.345. The monoisotopic (exact) mass is 278 g/mol. The number of aromatic nitrogens is 2. The Bertz CT molecular complexity index is 483. The molecule has 1 unspecified atom stereocenters. The van der Waals surface area contributed by atoms with Crippen LogP contribution in [0.5, 0.6) is 0 Å². The van der Waals surface area contributed by atoms with Crippen molar-refractivity contribution in [2.24, 2.45) is 11.8 Å². The number of nitrogens with one attached hydrogen (secondary N) is 1. The molecule has 1 N–H and O–H groups in total. The molecule has 2 rings (SSSR count). The third-order valence-electron chi connectivity index (χ3n) is 3.85. The van der Waals surface area contributed by atoms with E-state index in [1.165, 1.54) is 13.0 Å². The summed E-state index contributed by atoms with van der Waals surface area (Å²) in [4.78, 5) is 18.9. The highest BCUT2D eigenvalue weighted by Crippen LogP contribution is 2.15. The Kier molecular flexibility index (Phi) is 5.17. The van der Waals surface area contributed by atoms with E-state index in [0.717, 1.165) is 26.2 Å². The Balaban J connectivity index is 1.95. The first-order chi connectivity index (χ1) is 9.60. The maximum absolute atomic E-state index is 12.3. The molecule has 1 aliphatic rings. The molecular weight excluding hydrogens is 252 g/mol. The van der Waals surface area contributed by atoms with Gasteiger partial charge in [-0.2, -0.15) is 0 Å². The van der Waals surface area contributed by atoms with Crippen LogP contribution in [0.4, 0.5) is 5.82 Å². The molecule has 0 radical (unpaired) electrons. The van der Waals surface area contributed by atoms with Gasteiger partial charge in [0.25, 0.3) is 5.56 Å². The van der Waals surface area contributed by atoms with Gasteiger partial charge in [-0.1, -0.05) is 20.8 Å². The Morgan fingerprint density at radius 1 is 1.50 bits per heavy atom. The zero-order chi connectivity index (χ0) is 14.5. The van der Waals surface area contributed by atoms with Gasteiger partial charge in [-0.15, -0.1) is 0 Å². The lowest BCUT2D eigenvalue weighted by Gasteiger charge is -2.14. The summed E-state index contributed by atoms with van der Waals surface area (Å²) in [5, 5.41) is 3.24. The second-order valence-corrected chi connectivity index (χ2v) is 6.06. The number of hydrogen-bond donors (Lipinski definition) is 1. The highest BCUT2D eigenvalue weighted by molar-refractivity contribution is 5.30. The van der Waals surface area contributed by atoms with Gasteiger partial charge < -0.3 is 14.8 Å². The summed E-state index contributed by atoms with van der Waals surface area (Å²) in [5.41, 5.74) is -0.00783. The van der Waals surface area contributed by atoms with E-state index in [1.807, 2.05) is 0 Å². The van der Waals surface area contributed by atoms with Gasteiger partial charge in [-0.25, -0.2) is 4.98 Å². The molecular formula is C15H26N4O. The number of hydrogen-bond acceptors (Lipinski definition) is 4. The molecule has 112 valence electrons. The minimum absolute atomic E-state index is 0.00783. The fourth-order valence-electron chi connectivity index (χ4n) is 2.71. The molecule has 0 bridgehead atoms. The van der Waals surface area contributed by atoms with E-state index in [2.05, 4.69) is 36.0 Å². The fourth-order valence-corrected chi connectivity index (χ4v) is 2.71. The maximum atomic E-state index is 12.3. The minimum atomic E-state index is -0.00783. The molecule has 5 nitrogen and oxygen atoms in total. The first kappa shape index (κ1) is 15.0. The molecule has 0 aromatic carbocycles. The van der Waals surface area contributed by atoms with Gasteiger partial charge in [0.05, 0.1) is 0 Å². The van der Waals surface area contributed by atoms with Crippen molar-refractivity contribution >= 4 is 5.82 Å². The zero-order valence-electron chi connectivity index (χ0n) is 12.8. The number of nitrogens with zero attached hydrogens (tertiary/aromatic N) is 3. The Labute approximate surface area is 121 Å². The summed E-state index contributed by atoms with van der Waals surface area (Å²) in [6.07, 6.45) is 4.68. The standard InChI is InChI=1S/C15H26N4O/c1-4-18-7-5-13(11-18)9-17-14-15(20)19(8-6-16-14)10-12(2)3/h6,8,12-13H,4-5,7,9-11H2,1-3H3,(H,16,17). The third-order valence-corrected chi connectivity index (χ3v) is 3.85. The SMILES string of the molecule is CCN1CCC(CNc2nccn(CC(C)C)c2=O)C1. The lowest BCUT2D eigenvalue weighted by atomic mass is 10.1. The third kappa shape index (κ3) is 3.82. The molecule has 1 aliphatic heterocycles. The summed E-state index contributed by atoms with van der Waals surface area (Å²) < 4.78 is 1.74. The van der Waals surface area contributed by atoms with Crippen molar-refractivity contribution in [3.05, 3.63) is 22.7 Å². The highest BCUT2D eigenvalue weighted by atomic mass is 16.1. The molecule has 1 atom stereocenters. The molecule has 1 fully saturated rings. The minimum Gasteiger partial charge on any atom is -0.365 e. The molecule has 0 spiro atoms. The molecule has 0 saturated carbocycles. The molecule has 2 heterocycles. The van der Waals surface area contributed by atoms with Crippen LogP contribution in [0.1, 0.15) is 27.2 Å². The van der Waals surface area contributed by atoms with Crippen LogP contribution in [0.2, 0.25) is 0 Å². The number of likely N-dealkylation sites (tertiary alicyclic amines) is 1. The van der Waals surface area contributed by atoms with E-state index in [9.17, 15) is 4.79 Å². The molecule has 1 aromatic heterocycles. The van der Waals surface area contributed by atoms with Crippen molar-refractivity contribution in [3.8, 4) is 0 Å². The molecule has 0 amide bonds. The quantitative estimate of drug-likeness (QED) is 0.859. The Hall–Kier alpha value is -1.36. The average Bonchev–Trinajstić information content (AvgIpc) is 2.87. The summed E-state index contributed by atoms with van der Waals surface area (Å²) in [6.45, 7) is 11.4. The van der Waals surface area contributed by atoms with E-state index in [-0.39, 0.29) is 5.56 Å². The van der Waals surface area contributed by atoms with Crippen molar-refractivity contribution in [1.29, 1.82) is 0 Å². The van der Waals surface area contributed by atoms with E-state index < -0.39 is 0 Å². The van der Waals surface area contributed by atoms with Gasteiger partial charge in [0.1, 0.15) is 0 Å². The normalized spacial score (nSPS) is 19.7. The number of anilines is 1. The maximum Gasteiger partial charge on any atom is 0.293 e. The van der Waals surface area contributed by atoms with Crippen molar-refractivity contribution in [3.63, 3.8) is 0 Å². The molecule has 1 saturated heterocycles. The van der Waals surface area contributed by atoms with Crippen LogP contribution >= 0.6 is 0 Å². The van der Waals surface area contributed by atoms with E-state index >= 15 is 0 Å². The lowest BCUT2D eigenvalue weighted by Crippen LogP contribution is -2.28. The second-order valence-electron chi connectivity index (χ2n) is 6.06. The average molecular weight is 278 g/mol. The first-order valence-electron chi connectivity index (χ1n) is 7.61. The summed E-state index contributed by atoms with van der Waals surface area (Å²) in [5.74, 6) is 1.56. The number of rotatable bonds is 6. The Morgan fingerprint density at radius 3 is 2.95 bits per heavy atom. The van der Waals surface area contributed by atoms with Gasteiger partial charge in [-0.3, -0.25) is 4.79 Å². The summed E-state index contributed by atoms with van der Waals surface area (Å²) in [6, 6.07) is 0. The van der Waals surface area contributed by atoms with E-state index in [1.54, 1.807) is 17.0 Å². The van der Waals surface area contributed by atoms with Crippen molar-refractivity contribution in [1.82, 2.24) is 14.5 Å². The highest BCUT2D eigenvalue weighted by Gasteiger charge is 2.21. The van der Waals surface area contributed by atoms with Gasteiger partial charge in [0.15, 0.2) is 5.82 Å². The van der Waals surface area contributed by atoms with Crippen LogP contribution in [-0.4, -0.2) is 40.6 Å². The summed E-state index contributed by atoms with van der Waals surface area (Å²) >= 11 is 0. The largest absolute Gasteiger partial charge is 0.365 e. The van der Waals surface area contributed by atoms with Gasteiger partial charge in [-0.05, 0) is 31.3 Å². The fraction of sp³-hybridized carbons (Fsp3) is 0.733. The summed E-state index contributed by atoms with van der Waals surface area (Å²) in [7, 11) is 0. The predicted octanol–water partition coefficient (Wildman–Crippen LogP) is 1.65. The molecule has 0 aliphatic carbocycles. The van der Waals surface area contributed by atoms with Crippen molar-refractivity contribution < 1.29 is 0 Å².